The normalized spacial score (nSPS) is 10.1. The smallest absolute Gasteiger partial charge is 0.163 e. The Kier molecular flexibility index (Phi) is 3.54. The van der Waals surface area contributed by atoms with Crippen LogP contribution in [0.15, 0.2) is 18.2 Å². The van der Waals surface area contributed by atoms with Gasteiger partial charge >= 0.3 is 0 Å². The van der Waals surface area contributed by atoms with E-state index in [1.54, 1.807) is 0 Å². The lowest BCUT2D eigenvalue weighted by Gasteiger charge is -1.98. The minimum absolute atomic E-state index is 0.0805. The fourth-order valence-electron chi connectivity index (χ4n) is 0.945. The van der Waals surface area contributed by atoms with Gasteiger partial charge in [-0.1, -0.05) is 15.9 Å². The number of Topliss-reactive ketones (excluding diaryl/α,β-unsaturated/α-hetero) is 1. The lowest BCUT2D eigenvalue weighted by Crippen LogP contribution is -2.00. The molecule has 70 valence electrons. The molecular formula is C9H7BrF2O. The number of rotatable bonds is 3. The van der Waals surface area contributed by atoms with E-state index in [9.17, 15) is 13.6 Å². The monoisotopic (exact) mass is 248 g/mol. The summed E-state index contributed by atoms with van der Waals surface area (Å²) in [5.41, 5.74) is 0.0805. The predicted molar refractivity (Wildman–Crippen MR) is 49.1 cm³/mol. The number of carbonyl (C=O) groups excluding carboxylic acids is 1. The van der Waals surface area contributed by atoms with Gasteiger partial charge in [0.25, 0.3) is 0 Å². The van der Waals surface area contributed by atoms with Gasteiger partial charge in [0.05, 0.1) is 0 Å². The van der Waals surface area contributed by atoms with E-state index in [-0.39, 0.29) is 17.8 Å². The molecule has 0 radical (unpaired) electrons. The number of ketones is 1. The molecule has 0 N–H and O–H groups in total. The molecule has 0 heterocycles. The van der Waals surface area contributed by atoms with Crippen molar-refractivity contribution in [2.75, 3.05) is 5.33 Å². The van der Waals surface area contributed by atoms with Crippen LogP contribution in [0.25, 0.3) is 0 Å². The highest BCUT2D eigenvalue weighted by molar-refractivity contribution is 9.09. The van der Waals surface area contributed by atoms with Crippen molar-refractivity contribution in [3.63, 3.8) is 0 Å². The summed E-state index contributed by atoms with van der Waals surface area (Å²) in [6.45, 7) is 0. The molecule has 1 aromatic carbocycles. The summed E-state index contributed by atoms with van der Waals surface area (Å²) in [5.74, 6) is -1.72. The summed E-state index contributed by atoms with van der Waals surface area (Å²) in [7, 11) is 0. The molecule has 0 aliphatic rings. The van der Waals surface area contributed by atoms with Crippen molar-refractivity contribution in [3.8, 4) is 0 Å². The Labute approximate surface area is 82.9 Å². The minimum atomic E-state index is -0.724. The standard InChI is InChI=1S/C9H7BrF2O/c10-2-1-9(13)6-3-7(11)5-8(12)4-6/h3-5H,1-2H2. The number of hydrogen-bond acceptors (Lipinski definition) is 1. The molecule has 1 nitrogen and oxygen atoms in total. The lowest BCUT2D eigenvalue weighted by atomic mass is 10.1. The third-order valence-corrected chi connectivity index (χ3v) is 1.90. The topological polar surface area (TPSA) is 17.1 Å². The summed E-state index contributed by atoms with van der Waals surface area (Å²) in [4.78, 5) is 11.2. The predicted octanol–water partition coefficient (Wildman–Crippen LogP) is 2.93. The highest BCUT2D eigenvalue weighted by atomic mass is 79.9. The molecular weight excluding hydrogens is 242 g/mol. The molecule has 13 heavy (non-hydrogen) atoms. The van der Waals surface area contributed by atoms with Crippen LogP contribution in [0.4, 0.5) is 8.78 Å². The first-order chi connectivity index (χ1) is 6.13. The fourth-order valence-corrected chi connectivity index (χ4v) is 1.31. The molecule has 0 fully saturated rings. The Morgan fingerprint density at radius 3 is 2.23 bits per heavy atom. The van der Waals surface area contributed by atoms with Gasteiger partial charge in [-0.2, -0.15) is 0 Å². The quantitative estimate of drug-likeness (QED) is 0.594. The second-order valence-electron chi connectivity index (χ2n) is 2.52. The Morgan fingerprint density at radius 2 is 1.77 bits per heavy atom. The van der Waals surface area contributed by atoms with Crippen molar-refractivity contribution >= 4 is 21.7 Å². The molecule has 4 heteroatoms. The molecule has 0 saturated carbocycles. The Balaban J connectivity index is 2.94. The van der Waals surface area contributed by atoms with Crippen molar-refractivity contribution in [3.05, 3.63) is 35.4 Å². The van der Waals surface area contributed by atoms with Gasteiger partial charge in [-0.05, 0) is 12.1 Å². The summed E-state index contributed by atoms with van der Waals surface area (Å²) >= 11 is 3.08. The number of halogens is 3. The van der Waals surface area contributed by atoms with Crippen molar-refractivity contribution < 1.29 is 13.6 Å². The van der Waals surface area contributed by atoms with E-state index in [2.05, 4.69) is 15.9 Å². The number of hydrogen-bond donors (Lipinski definition) is 0. The molecule has 0 amide bonds. The van der Waals surface area contributed by atoms with Gasteiger partial charge in [-0.15, -0.1) is 0 Å². The van der Waals surface area contributed by atoms with Crippen molar-refractivity contribution in [2.24, 2.45) is 0 Å². The molecule has 0 aromatic heterocycles. The van der Waals surface area contributed by atoms with Crippen molar-refractivity contribution in [1.82, 2.24) is 0 Å². The maximum atomic E-state index is 12.6. The Bertz CT molecular complexity index is 305. The van der Waals surface area contributed by atoms with Gasteiger partial charge in [-0.3, -0.25) is 4.79 Å². The van der Waals surface area contributed by atoms with Crippen LogP contribution in [0.5, 0.6) is 0 Å². The van der Waals surface area contributed by atoms with Gasteiger partial charge in [-0.25, -0.2) is 8.78 Å². The Hall–Kier alpha value is -0.770. The third kappa shape index (κ3) is 2.88. The summed E-state index contributed by atoms with van der Waals surface area (Å²) < 4.78 is 25.2. The maximum absolute atomic E-state index is 12.6. The van der Waals surface area contributed by atoms with Gasteiger partial charge in [0, 0.05) is 23.4 Å². The summed E-state index contributed by atoms with van der Waals surface area (Å²) in [6, 6.07) is 2.81. The fraction of sp³-hybridized carbons (Fsp3) is 0.222. The van der Waals surface area contributed by atoms with E-state index in [0.29, 0.717) is 5.33 Å². The maximum Gasteiger partial charge on any atom is 0.163 e. The van der Waals surface area contributed by atoms with E-state index in [1.807, 2.05) is 0 Å². The zero-order valence-electron chi connectivity index (χ0n) is 6.69. The summed E-state index contributed by atoms with van der Waals surface area (Å²) in [5, 5.41) is 0.490. The second-order valence-corrected chi connectivity index (χ2v) is 3.31. The highest BCUT2D eigenvalue weighted by Gasteiger charge is 2.07. The van der Waals surface area contributed by atoms with Crippen LogP contribution in [0, 0.1) is 11.6 Å². The average molecular weight is 249 g/mol. The first-order valence-electron chi connectivity index (χ1n) is 3.68. The van der Waals surface area contributed by atoms with Crippen LogP contribution < -0.4 is 0 Å². The van der Waals surface area contributed by atoms with Crippen molar-refractivity contribution in [1.29, 1.82) is 0 Å². The van der Waals surface area contributed by atoms with Crippen LogP contribution in [0.2, 0.25) is 0 Å². The third-order valence-electron chi connectivity index (χ3n) is 1.51. The van der Waals surface area contributed by atoms with Crippen LogP contribution >= 0.6 is 15.9 Å². The first kappa shape index (κ1) is 10.3. The van der Waals surface area contributed by atoms with Gasteiger partial charge < -0.3 is 0 Å². The number of carbonyl (C=O) groups is 1. The van der Waals surface area contributed by atoms with Crippen LogP contribution in [0.1, 0.15) is 16.8 Å². The van der Waals surface area contributed by atoms with Crippen LogP contribution in [-0.2, 0) is 0 Å². The Morgan fingerprint density at radius 1 is 1.23 bits per heavy atom. The van der Waals surface area contributed by atoms with Gasteiger partial charge in [0.15, 0.2) is 5.78 Å². The van der Waals surface area contributed by atoms with E-state index in [0.717, 1.165) is 18.2 Å². The average Bonchev–Trinajstić information content (AvgIpc) is 2.03. The molecule has 0 spiro atoms. The molecule has 0 aliphatic heterocycles. The molecule has 0 atom stereocenters. The number of benzene rings is 1. The largest absolute Gasteiger partial charge is 0.294 e. The lowest BCUT2D eigenvalue weighted by molar-refractivity contribution is 0.0989. The minimum Gasteiger partial charge on any atom is -0.294 e. The van der Waals surface area contributed by atoms with Crippen molar-refractivity contribution in [2.45, 2.75) is 6.42 Å². The first-order valence-corrected chi connectivity index (χ1v) is 4.81. The van der Waals surface area contributed by atoms with Gasteiger partial charge in [0.2, 0.25) is 0 Å². The molecule has 0 aliphatic carbocycles. The van der Waals surface area contributed by atoms with E-state index in [1.165, 1.54) is 0 Å². The molecule has 0 unspecified atom stereocenters. The molecule has 0 saturated heterocycles. The van der Waals surface area contributed by atoms with Crippen LogP contribution in [-0.4, -0.2) is 11.1 Å². The summed E-state index contributed by atoms with van der Waals surface area (Å²) in [6.07, 6.45) is 0.239. The van der Waals surface area contributed by atoms with E-state index < -0.39 is 11.6 Å². The zero-order chi connectivity index (χ0) is 9.84. The van der Waals surface area contributed by atoms with Gasteiger partial charge in [0.1, 0.15) is 11.6 Å². The van der Waals surface area contributed by atoms with Crippen LogP contribution in [0.3, 0.4) is 0 Å². The SMILES string of the molecule is O=C(CCBr)c1cc(F)cc(F)c1. The molecule has 1 aromatic rings. The van der Waals surface area contributed by atoms with E-state index in [4.69, 9.17) is 0 Å². The molecule has 1 rings (SSSR count). The highest BCUT2D eigenvalue weighted by Crippen LogP contribution is 2.10. The zero-order valence-corrected chi connectivity index (χ0v) is 8.27. The second kappa shape index (κ2) is 4.46. The number of alkyl halides is 1. The molecule has 0 bridgehead atoms. The van der Waals surface area contributed by atoms with E-state index >= 15 is 0 Å².